The van der Waals surface area contributed by atoms with Gasteiger partial charge in [0.2, 0.25) is 0 Å². The highest BCUT2D eigenvalue weighted by Gasteiger charge is 2.14. The molecule has 112 valence electrons. The van der Waals surface area contributed by atoms with Crippen LogP contribution in [0.15, 0.2) is 23.1 Å². The minimum absolute atomic E-state index is 0.0808. The molecule has 0 aliphatic carbocycles. The molecule has 20 heavy (non-hydrogen) atoms. The third-order valence-corrected chi connectivity index (χ3v) is 3.77. The van der Waals surface area contributed by atoms with Crippen LogP contribution in [-0.2, 0) is 13.8 Å². The Kier molecular flexibility index (Phi) is 5.98. The minimum atomic E-state index is -3.85. The Morgan fingerprint density at radius 3 is 2.55 bits per heavy atom. The summed E-state index contributed by atoms with van der Waals surface area (Å²) < 4.78 is 27.9. The van der Waals surface area contributed by atoms with E-state index in [-0.39, 0.29) is 22.5 Å². The van der Waals surface area contributed by atoms with Gasteiger partial charge in [0, 0.05) is 22.8 Å². The largest absolute Gasteiger partial charge is 0.377 e. The lowest BCUT2D eigenvalue weighted by atomic mass is 10.1. The van der Waals surface area contributed by atoms with Crippen LogP contribution < -0.4 is 5.32 Å². The van der Waals surface area contributed by atoms with Crippen molar-refractivity contribution in [2.45, 2.75) is 31.8 Å². The van der Waals surface area contributed by atoms with Gasteiger partial charge in [0.15, 0.2) is 0 Å². The first-order valence-electron chi connectivity index (χ1n) is 6.16. The molecule has 0 heterocycles. The highest BCUT2D eigenvalue weighted by Crippen LogP contribution is 2.18. The molecule has 0 aromatic heterocycles. The molecule has 1 amide bonds. The number of ether oxygens (including phenoxy) is 1. The van der Waals surface area contributed by atoms with Crippen LogP contribution in [0.25, 0.3) is 0 Å². The standard InChI is InChI=1S/C13H18ClNO4S/c1-9(2)19-5-4-15-13(16)11-6-10(3)7-12(8-11)20(14,17)18/h6-9H,4-5H2,1-3H3,(H,15,16). The van der Waals surface area contributed by atoms with Crippen molar-refractivity contribution in [3.63, 3.8) is 0 Å². The van der Waals surface area contributed by atoms with Gasteiger partial charge in [0.25, 0.3) is 15.0 Å². The Bertz CT molecular complexity index is 584. The van der Waals surface area contributed by atoms with E-state index in [1.165, 1.54) is 12.1 Å². The fourth-order valence-corrected chi connectivity index (χ4v) is 2.44. The van der Waals surface area contributed by atoms with Gasteiger partial charge in [-0.1, -0.05) is 0 Å². The molecule has 0 saturated carbocycles. The molecule has 0 saturated heterocycles. The van der Waals surface area contributed by atoms with E-state index < -0.39 is 9.05 Å². The van der Waals surface area contributed by atoms with Gasteiger partial charge in [-0.3, -0.25) is 4.79 Å². The summed E-state index contributed by atoms with van der Waals surface area (Å²) in [6.07, 6.45) is 0.0962. The molecule has 0 aliphatic rings. The highest BCUT2D eigenvalue weighted by molar-refractivity contribution is 8.13. The fraction of sp³-hybridized carbons (Fsp3) is 0.462. The van der Waals surface area contributed by atoms with Crippen LogP contribution in [0.1, 0.15) is 29.8 Å². The number of hydrogen-bond acceptors (Lipinski definition) is 4. The number of carbonyl (C=O) groups is 1. The van der Waals surface area contributed by atoms with Crippen LogP contribution in [-0.4, -0.2) is 33.6 Å². The first-order chi connectivity index (χ1) is 9.20. The van der Waals surface area contributed by atoms with Gasteiger partial charge in [-0.15, -0.1) is 0 Å². The first-order valence-corrected chi connectivity index (χ1v) is 8.47. The van der Waals surface area contributed by atoms with Crippen molar-refractivity contribution in [2.24, 2.45) is 0 Å². The number of aryl methyl sites for hydroxylation is 1. The molecule has 0 fully saturated rings. The maximum atomic E-state index is 11.9. The summed E-state index contributed by atoms with van der Waals surface area (Å²) >= 11 is 0. The number of benzene rings is 1. The Hall–Kier alpha value is -1.11. The lowest BCUT2D eigenvalue weighted by Crippen LogP contribution is -2.28. The Morgan fingerprint density at radius 1 is 1.35 bits per heavy atom. The van der Waals surface area contributed by atoms with E-state index >= 15 is 0 Å². The van der Waals surface area contributed by atoms with Crippen molar-refractivity contribution in [1.82, 2.24) is 5.32 Å². The average molecular weight is 320 g/mol. The summed E-state index contributed by atoms with van der Waals surface area (Å²) in [5, 5.41) is 2.66. The van der Waals surface area contributed by atoms with E-state index in [1.54, 1.807) is 13.0 Å². The summed E-state index contributed by atoms with van der Waals surface area (Å²) in [5.74, 6) is -0.359. The van der Waals surface area contributed by atoms with E-state index in [0.29, 0.717) is 18.7 Å². The molecular weight excluding hydrogens is 302 g/mol. The topological polar surface area (TPSA) is 72.5 Å². The van der Waals surface area contributed by atoms with E-state index in [1.807, 2.05) is 13.8 Å². The van der Waals surface area contributed by atoms with Crippen LogP contribution in [0.5, 0.6) is 0 Å². The molecule has 0 unspecified atom stereocenters. The zero-order chi connectivity index (χ0) is 15.3. The molecule has 0 bridgehead atoms. The van der Waals surface area contributed by atoms with Gasteiger partial charge in [0.05, 0.1) is 17.6 Å². The Morgan fingerprint density at radius 2 is 2.00 bits per heavy atom. The van der Waals surface area contributed by atoms with Crippen molar-refractivity contribution >= 4 is 25.6 Å². The van der Waals surface area contributed by atoms with Crippen LogP contribution in [0.2, 0.25) is 0 Å². The number of rotatable bonds is 6. The summed E-state index contributed by atoms with van der Waals surface area (Å²) in [6, 6.07) is 4.28. The third-order valence-electron chi connectivity index (χ3n) is 2.43. The molecule has 1 aromatic carbocycles. The van der Waals surface area contributed by atoms with Crippen molar-refractivity contribution in [3.05, 3.63) is 29.3 Å². The van der Waals surface area contributed by atoms with E-state index in [4.69, 9.17) is 15.4 Å². The smallest absolute Gasteiger partial charge is 0.261 e. The van der Waals surface area contributed by atoms with Crippen LogP contribution >= 0.6 is 10.7 Å². The molecule has 1 N–H and O–H groups in total. The van der Waals surface area contributed by atoms with Gasteiger partial charge >= 0.3 is 0 Å². The van der Waals surface area contributed by atoms with Gasteiger partial charge in [-0.2, -0.15) is 0 Å². The molecule has 7 heteroatoms. The van der Waals surface area contributed by atoms with Gasteiger partial charge < -0.3 is 10.1 Å². The van der Waals surface area contributed by atoms with E-state index in [2.05, 4.69) is 5.32 Å². The van der Waals surface area contributed by atoms with Crippen molar-refractivity contribution in [2.75, 3.05) is 13.2 Å². The molecule has 0 atom stereocenters. The summed E-state index contributed by atoms with van der Waals surface area (Å²) in [5.41, 5.74) is 0.907. The second kappa shape index (κ2) is 7.06. The van der Waals surface area contributed by atoms with Crippen LogP contribution in [0.4, 0.5) is 0 Å². The normalized spacial score (nSPS) is 11.7. The van der Waals surface area contributed by atoms with Crippen molar-refractivity contribution in [1.29, 1.82) is 0 Å². The molecule has 0 aliphatic heterocycles. The average Bonchev–Trinajstić information content (AvgIpc) is 2.32. The predicted octanol–water partition coefficient (Wildman–Crippen LogP) is 2.08. The molecule has 0 radical (unpaired) electrons. The number of amides is 1. The fourth-order valence-electron chi connectivity index (χ4n) is 1.58. The van der Waals surface area contributed by atoms with Gasteiger partial charge in [-0.25, -0.2) is 8.42 Å². The van der Waals surface area contributed by atoms with E-state index in [0.717, 1.165) is 0 Å². The van der Waals surface area contributed by atoms with Gasteiger partial charge in [-0.05, 0) is 44.5 Å². The summed E-state index contributed by atoms with van der Waals surface area (Å²) in [4.78, 5) is 11.8. The summed E-state index contributed by atoms with van der Waals surface area (Å²) in [6.45, 7) is 6.26. The first kappa shape index (κ1) is 16.9. The lowest BCUT2D eigenvalue weighted by Gasteiger charge is -2.09. The Balaban J connectivity index is 2.76. The summed E-state index contributed by atoms with van der Waals surface area (Å²) in [7, 11) is 1.44. The minimum Gasteiger partial charge on any atom is -0.377 e. The second-order valence-electron chi connectivity index (χ2n) is 4.65. The number of hydrogen-bond donors (Lipinski definition) is 1. The van der Waals surface area contributed by atoms with Crippen molar-refractivity contribution in [3.8, 4) is 0 Å². The molecule has 1 aromatic rings. The number of nitrogens with one attached hydrogen (secondary N) is 1. The number of carbonyl (C=O) groups excluding carboxylic acids is 1. The second-order valence-corrected chi connectivity index (χ2v) is 7.21. The molecule has 5 nitrogen and oxygen atoms in total. The zero-order valence-corrected chi connectivity index (χ0v) is 13.2. The van der Waals surface area contributed by atoms with Crippen LogP contribution in [0, 0.1) is 6.92 Å². The lowest BCUT2D eigenvalue weighted by molar-refractivity contribution is 0.0746. The van der Waals surface area contributed by atoms with Crippen LogP contribution in [0.3, 0.4) is 0 Å². The highest BCUT2D eigenvalue weighted by atomic mass is 35.7. The predicted molar refractivity (Wildman–Crippen MR) is 77.6 cm³/mol. The van der Waals surface area contributed by atoms with E-state index in [9.17, 15) is 13.2 Å². The maximum absolute atomic E-state index is 11.9. The molecule has 0 spiro atoms. The zero-order valence-electron chi connectivity index (χ0n) is 11.6. The number of halogens is 1. The maximum Gasteiger partial charge on any atom is 0.261 e. The monoisotopic (exact) mass is 319 g/mol. The van der Waals surface area contributed by atoms with Crippen molar-refractivity contribution < 1.29 is 17.9 Å². The SMILES string of the molecule is Cc1cc(C(=O)NCCOC(C)C)cc(S(=O)(=O)Cl)c1. The third kappa shape index (κ3) is 5.48. The quantitative estimate of drug-likeness (QED) is 0.643. The van der Waals surface area contributed by atoms with Gasteiger partial charge in [0.1, 0.15) is 0 Å². The molecule has 1 rings (SSSR count). The Labute approximate surface area is 123 Å². The molecular formula is C13H18ClNO4S.